The molecular formula is C23H33N9O6. The molecule has 0 fully saturated rings. The number of carbonyl (C=O) groups excluding carboxylic acids is 4. The minimum Gasteiger partial charge on any atom is -0.480 e. The monoisotopic (exact) mass is 531 g/mol. The van der Waals surface area contributed by atoms with Gasteiger partial charge < -0.3 is 49.0 Å². The lowest BCUT2D eigenvalue weighted by Gasteiger charge is -2.22. The normalized spacial score (nSPS) is 13.1. The highest BCUT2D eigenvalue weighted by atomic mass is 16.4. The number of benzene rings is 1. The molecule has 3 atom stereocenters. The molecule has 1 aromatic carbocycles. The maximum atomic E-state index is 13.1. The number of nitrogens with two attached hydrogens (primary N) is 4. The number of fused-ring (bicyclic) bond motifs is 1. The first-order chi connectivity index (χ1) is 18.0. The van der Waals surface area contributed by atoms with E-state index >= 15 is 0 Å². The second kappa shape index (κ2) is 14.2. The largest absolute Gasteiger partial charge is 0.480 e. The van der Waals surface area contributed by atoms with Crippen molar-refractivity contribution < 1.29 is 29.1 Å². The fraction of sp³-hybridized carbons (Fsp3) is 0.391. The maximum Gasteiger partial charge on any atom is 0.326 e. The van der Waals surface area contributed by atoms with Crippen LogP contribution in [0, 0.1) is 0 Å². The van der Waals surface area contributed by atoms with Crippen LogP contribution in [0.2, 0.25) is 0 Å². The fourth-order valence-electron chi connectivity index (χ4n) is 3.62. The molecule has 0 bridgehead atoms. The average molecular weight is 532 g/mol. The summed E-state index contributed by atoms with van der Waals surface area (Å²) >= 11 is 0. The number of aromatic amines is 1. The van der Waals surface area contributed by atoms with Gasteiger partial charge in [-0.2, -0.15) is 0 Å². The number of amides is 4. The summed E-state index contributed by atoms with van der Waals surface area (Å²) in [6, 6.07) is 3.65. The topological polar surface area (TPSA) is 274 Å². The summed E-state index contributed by atoms with van der Waals surface area (Å²) in [5.74, 6) is -4.43. The molecule has 0 saturated carbocycles. The lowest BCUT2D eigenvalue weighted by Crippen LogP contribution is -2.54. The summed E-state index contributed by atoms with van der Waals surface area (Å²) < 4.78 is 0. The molecule has 13 N–H and O–H groups in total. The quantitative estimate of drug-likeness (QED) is 0.0648. The Kier molecular flexibility index (Phi) is 11.0. The number of hydrogen-bond donors (Lipinski definition) is 9. The molecule has 0 spiro atoms. The Morgan fingerprint density at radius 3 is 2.37 bits per heavy atom. The Bertz CT molecular complexity index is 1190. The van der Waals surface area contributed by atoms with Gasteiger partial charge in [0.1, 0.15) is 12.1 Å². The zero-order valence-electron chi connectivity index (χ0n) is 20.6. The fourth-order valence-corrected chi connectivity index (χ4v) is 3.62. The van der Waals surface area contributed by atoms with E-state index in [1.165, 1.54) is 0 Å². The van der Waals surface area contributed by atoms with Gasteiger partial charge in [-0.05, 0) is 24.5 Å². The number of nitrogens with one attached hydrogen (secondary N) is 4. The van der Waals surface area contributed by atoms with Crippen molar-refractivity contribution in [3.63, 3.8) is 0 Å². The van der Waals surface area contributed by atoms with Crippen molar-refractivity contribution in [2.45, 2.75) is 43.8 Å². The van der Waals surface area contributed by atoms with Gasteiger partial charge >= 0.3 is 5.97 Å². The molecule has 206 valence electrons. The van der Waals surface area contributed by atoms with Gasteiger partial charge in [-0.3, -0.25) is 24.2 Å². The van der Waals surface area contributed by atoms with E-state index in [1.54, 1.807) is 6.20 Å². The Hall–Kier alpha value is -4.66. The molecule has 0 saturated heterocycles. The number of guanidine groups is 1. The van der Waals surface area contributed by atoms with E-state index in [4.69, 9.17) is 22.9 Å². The van der Waals surface area contributed by atoms with Crippen LogP contribution < -0.4 is 38.9 Å². The van der Waals surface area contributed by atoms with Crippen molar-refractivity contribution in [3.05, 3.63) is 36.0 Å². The maximum absolute atomic E-state index is 13.1. The van der Waals surface area contributed by atoms with Gasteiger partial charge in [-0.25, -0.2) is 4.79 Å². The predicted molar refractivity (Wildman–Crippen MR) is 138 cm³/mol. The van der Waals surface area contributed by atoms with E-state index in [-0.39, 0.29) is 31.8 Å². The van der Waals surface area contributed by atoms with Gasteiger partial charge in [-0.1, -0.05) is 18.2 Å². The highest BCUT2D eigenvalue weighted by Crippen LogP contribution is 2.19. The molecule has 0 aliphatic rings. The third-order valence-electron chi connectivity index (χ3n) is 5.49. The number of para-hydroxylation sites is 1. The van der Waals surface area contributed by atoms with Crippen LogP contribution in [0.5, 0.6) is 0 Å². The van der Waals surface area contributed by atoms with Crippen molar-refractivity contribution in [2.75, 3.05) is 13.1 Å². The molecule has 2 aromatic rings. The summed E-state index contributed by atoms with van der Waals surface area (Å²) in [6.45, 7) is -0.362. The minimum absolute atomic E-state index is 0.0249. The van der Waals surface area contributed by atoms with Gasteiger partial charge in [0.2, 0.25) is 23.6 Å². The van der Waals surface area contributed by atoms with Crippen LogP contribution in [0.1, 0.15) is 24.8 Å². The molecule has 2 rings (SSSR count). The molecule has 15 nitrogen and oxygen atoms in total. The first-order valence-corrected chi connectivity index (χ1v) is 11.7. The second-order valence-electron chi connectivity index (χ2n) is 8.53. The lowest BCUT2D eigenvalue weighted by atomic mass is 10.0. The number of H-pyrrole nitrogens is 1. The molecule has 15 heteroatoms. The van der Waals surface area contributed by atoms with Crippen LogP contribution in [-0.2, 0) is 30.4 Å². The second-order valence-corrected chi connectivity index (χ2v) is 8.53. The first kappa shape index (κ1) is 29.6. The number of carboxylic acid groups (broad SMARTS) is 1. The number of hydrogen-bond acceptors (Lipinski definition) is 7. The van der Waals surface area contributed by atoms with E-state index in [0.29, 0.717) is 5.56 Å². The van der Waals surface area contributed by atoms with Crippen molar-refractivity contribution >= 4 is 46.5 Å². The van der Waals surface area contributed by atoms with Gasteiger partial charge in [-0.15, -0.1) is 0 Å². The summed E-state index contributed by atoms with van der Waals surface area (Å²) in [7, 11) is 0. The van der Waals surface area contributed by atoms with Gasteiger partial charge in [0.05, 0.1) is 19.0 Å². The third-order valence-corrected chi connectivity index (χ3v) is 5.49. The smallest absolute Gasteiger partial charge is 0.326 e. The Morgan fingerprint density at radius 2 is 1.71 bits per heavy atom. The summed E-state index contributed by atoms with van der Waals surface area (Å²) in [6.07, 6.45) is 1.63. The number of rotatable bonds is 15. The molecule has 1 aromatic heterocycles. The van der Waals surface area contributed by atoms with Crippen molar-refractivity contribution in [1.82, 2.24) is 20.9 Å². The molecule has 0 aliphatic heterocycles. The van der Waals surface area contributed by atoms with Crippen LogP contribution in [-0.4, -0.2) is 76.9 Å². The minimum atomic E-state index is -1.27. The van der Waals surface area contributed by atoms with E-state index in [2.05, 4.69) is 25.9 Å². The molecule has 4 amide bonds. The number of carbonyl (C=O) groups is 5. The summed E-state index contributed by atoms with van der Waals surface area (Å²) in [5.41, 5.74) is 22.6. The zero-order valence-corrected chi connectivity index (χ0v) is 20.6. The number of carboxylic acids is 1. The van der Waals surface area contributed by atoms with Crippen molar-refractivity contribution in [3.8, 4) is 0 Å². The van der Waals surface area contributed by atoms with E-state index in [9.17, 15) is 29.1 Å². The van der Waals surface area contributed by atoms with Crippen molar-refractivity contribution in [1.29, 1.82) is 0 Å². The standard InChI is InChI=1S/C23H33N9O6/c24-14(9-18(25)33)20(35)30-11-19(34)31-17(8-12-10-29-15-5-2-1-4-13(12)15)21(36)32-16(22(37)38)6-3-7-28-23(26)27/h1-2,4-5,10,14,16-17,29H,3,6-9,11,24H2,(H2,25,33)(H,30,35)(H,31,34)(H,32,36)(H,37,38)(H4,26,27,28). The predicted octanol–water partition coefficient (Wildman–Crippen LogP) is -2.86. The Morgan fingerprint density at radius 1 is 1.00 bits per heavy atom. The molecule has 0 aliphatic carbocycles. The number of nitrogens with zero attached hydrogens (tertiary/aromatic N) is 1. The molecule has 0 radical (unpaired) electrons. The van der Waals surface area contributed by atoms with Gasteiger partial charge in [0, 0.05) is 30.1 Å². The van der Waals surface area contributed by atoms with Crippen LogP contribution in [0.25, 0.3) is 10.9 Å². The molecule has 3 unspecified atom stereocenters. The van der Waals surface area contributed by atoms with Gasteiger partial charge in [0.25, 0.3) is 0 Å². The van der Waals surface area contributed by atoms with Crippen LogP contribution in [0.15, 0.2) is 35.5 Å². The summed E-state index contributed by atoms with van der Waals surface area (Å²) in [5, 5.41) is 17.6. The third kappa shape index (κ3) is 9.42. The van der Waals surface area contributed by atoms with E-state index < -0.39 is 60.7 Å². The van der Waals surface area contributed by atoms with Crippen LogP contribution >= 0.6 is 0 Å². The van der Waals surface area contributed by atoms with Crippen LogP contribution in [0.3, 0.4) is 0 Å². The zero-order chi connectivity index (χ0) is 28.2. The number of primary amides is 1. The van der Waals surface area contributed by atoms with Crippen molar-refractivity contribution in [2.24, 2.45) is 27.9 Å². The SMILES string of the molecule is NC(=O)CC(N)C(=O)NCC(=O)NC(Cc1c[nH]c2ccccc12)C(=O)NC(CCCN=C(N)N)C(=O)O. The first-order valence-electron chi connectivity index (χ1n) is 11.7. The average Bonchev–Trinajstić information content (AvgIpc) is 3.25. The lowest BCUT2D eigenvalue weighted by molar-refractivity contribution is -0.142. The van der Waals surface area contributed by atoms with E-state index in [1.807, 2.05) is 24.3 Å². The molecule has 1 heterocycles. The van der Waals surface area contributed by atoms with Gasteiger partial charge in [0.15, 0.2) is 5.96 Å². The Labute approximate surface area is 217 Å². The number of aliphatic imine (C=N–C) groups is 1. The number of aliphatic carboxylic acids is 1. The summed E-state index contributed by atoms with van der Waals surface area (Å²) in [4.78, 5) is 67.3. The Balaban J connectivity index is 2.13. The highest BCUT2D eigenvalue weighted by Gasteiger charge is 2.28. The highest BCUT2D eigenvalue weighted by molar-refractivity contribution is 5.94. The van der Waals surface area contributed by atoms with Crippen LogP contribution in [0.4, 0.5) is 0 Å². The van der Waals surface area contributed by atoms with E-state index in [0.717, 1.165) is 10.9 Å². The molecular weight excluding hydrogens is 498 g/mol. The number of aromatic nitrogens is 1. The molecule has 38 heavy (non-hydrogen) atoms.